The van der Waals surface area contributed by atoms with Crippen molar-refractivity contribution in [2.45, 2.75) is 19.6 Å². The quantitative estimate of drug-likeness (QED) is 0.527. The lowest BCUT2D eigenvalue weighted by molar-refractivity contribution is -0.384. The highest BCUT2D eigenvalue weighted by Crippen LogP contribution is 2.19. The van der Waals surface area contributed by atoms with Crippen molar-refractivity contribution in [2.75, 3.05) is 39.3 Å². The molecule has 0 spiro atoms. The van der Waals surface area contributed by atoms with Crippen LogP contribution in [0.25, 0.3) is 0 Å². The molecule has 3 rings (SSSR count). The van der Waals surface area contributed by atoms with Crippen molar-refractivity contribution in [1.82, 2.24) is 19.9 Å². The monoisotopic (exact) mass is 377 g/mol. The molecule has 27 heavy (non-hydrogen) atoms. The van der Waals surface area contributed by atoms with Crippen LogP contribution < -0.4 is 4.74 Å². The third-order valence-corrected chi connectivity index (χ3v) is 4.33. The second kappa shape index (κ2) is 8.89. The fourth-order valence-corrected chi connectivity index (χ4v) is 2.96. The molecule has 0 amide bonds. The molecule has 146 valence electrons. The molecule has 1 N–H and O–H groups in total. The fraction of sp³-hybridized carbons (Fsp3) is 0.529. The van der Waals surface area contributed by atoms with Crippen LogP contribution in [0.1, 0.15) is 11.7 Å². The first-order valence-corrected chi connectivity index (χ1v) is 8.79. The first-order chi connectivity index (χ1) is 13.0. The minimum Gasteiger partial charge on any atom is -0.491 e. The molecular weight excluding hydrogens is 354 g/mol. The summed E-state index contributed by atoms with van der Waals surface area (Å²) in [4.78, 5) is 18.9. The Hall–Kier alpha value is -2.56. The van der Waals surface area contributed by atoms with E-state index in [2.05, 4.69) is 19.9 Å². The number of hydrogen-bond donors (Lipinski definition) is 1. The summed E-state index contributed by atoms with van der Waals surface area (Å²) in [5.41, 5.74) is -0.0328. The fourth-order valence-electron chi connectivity index (χ4n) is 2.96. The Labute approximate surface area is 156 Å². The van der Waals surface area contributed by atoms with Crippen LogP contribution in [0.3, 0.4) is 0 Å². The number of non-ortho nitro benzene ring substituents is 1. The van der Waals surface area contributed by atoms with Crippen LogP contribution in [0.15, 0.2) is 28.8 Å². The first kappa shape index (κ1) is 19.2. The van der Waals surface area contributed by atoms with Crippen LogP contribution in [0.5, 0.6) is 5.75 Å². The van der Waals surface area contributed by atoms with Crippen LogP contribution in [0.2, 0.25) is 0 Å². The molecule has 2 aromatic rings. The molecule has 0 saturated carbocycles. The summed E-state index contributed by atoms with van der Waals surface area (Å²) in [6, 6.07) is 5.95. The van der Waals surface area contributed by atoms with Crippen molar-refractivity contribution in [3.05, 3.63) is 46.1 Å². The topological polar surface area (TPSA) is 118 Å². The molecule has 1 aliphatic rings. The van der Waals surface area contributed by atoms with Crippen LogP contribution in [0, 0.1) is 17.0 Å². The number of aryl methyl sites for hydroxylation is 1. The molecule has 1 unspecified atom stereocenters. The molecule has 0 bridgehead atoms. The number of rotatable bonds is 8. The standard InChI is InChI=1S/C17H23N5O5/c1-13-18-17(27-19-13)11-21-7-5-20(6-8-21)10-15(23)12-26-16-4-2-3-14(9-16)22(24)25/h2-4,9,15,23H,5-8,10-12H2,1H3. The maximum atomic E-state index is 10.8. The van der Waals surface area contributed by atoms with Crippen molar-refractivity contribution in [1.29, 1.82) is 0 Å². The van der Waals surface area contributed by atoms with E-state index in [4.69, 9.17) is 9.26 Å². The molecule has 0 radical (unpaired) electrons. The summed E-state index contributed by atoms with van der Waals surface area (Å²) in [6.45, 7) is 6.34. The molecule has 1 atom stereocenters. The number of nitrogens with zero attached hydrogens (tertiary/aromatic N) is 5. The highest BCUT2D eigenvalue weighted by molar-refractivity contribution is 5.37. The van der Waals surface area contributed by atoms with Crippen LogP contribution in [-0.4, -0.2) is 75.4 Å². The van der Waals surface area contributed by atoms with Gasteiger partial charge in [0, 0.05) is 38.8 Å². The Kier molecular flexibility index (Phi) is 6.32. The average Bonchev–Trinajstić information content (AvgIpc) is 3.06. The smallest absolute Gasteiger partial charge is 0.273 e. The summed E-state index contributed by atoms with van der Waals surface area (Å²) in [5.74, 6) is 1.63. The maximum absolute atomic E-state index is 10.8. The Morgan fingerprint density at radius 3 is 2.74 bits per heavy atom. The van der Waals surface area contributed by atoms with E-state index in [1.165, 1.54) is 12.1 Å². The zero-order valence-electron chi connectivity index (χ0n) is 15.2. The van der Waals surface area contributed by atoms with E-state index in [0.717, 1.165) is 26.2 Å². The Morgan fingerprint density at radius 1 is 1.33 bits per heavy atom. The van der Waals surface area contributed by atoms with Crippen molar-refractivity contribution in [3.8, 4) is 5.75 Å². The van der Waals surface area contributed by atoms with Crippen molar-refractivity contribution < 1.29 is 19.3 Å². The number of hydrogen-bond acceptors (Lipinski definition) is 9. The predicted octanol–water partition coefficient (Wildman–Crippen LogP) is 0.844. The highest BCUT2D eigenvalue weighted by Gasteiger charge is 2.21. The van der Waals surface area contributed by atoms with Crippen molar-refractivity contribution in [2.24, 2.45) is 0 Å². The lowest BCUT2D eigenvalue weighted by Gasteiger charge is -2.34. The van der Waals surface area contributed by atoms with E-state index in [9.17, 15) is 15.2 Å². The van der Waals surface area contributed by atoms with Crippen LogP contribution >= 0.6 is 0 Å². The normalized spacial score (nSPS) is 17.0. The summed E-state index contributed by atoms with van der Waals surface area (Å²) < 4.78 is 10.6. The SMILES string of the molecule is Cc1noc(CN2CCN(CC(O)COc3cccc([N+](=O)[O-])c3)CC2)n1. The second-order valence-corrected chi connectivity index (χ2v) is 6.53. The molecule has 2 heterocycles. The van der Waals surface area contributed by atoms with Gasteiger partial charge < -0.3 is 14.4 Å². The third-order valence-electron chi connectivity index (χ3n) is 4.33. The summed E-state index contributed by atoms with van der Waals surface area (Å²) in [5, 5.41) is 24.8. The van der Waals surface area contributed by atoms with Crippen LogP contribution in [-0.2, 0) is 6.54 Å². The van der Waals surface area contributed by atoms with Gasteiger partial charge in [0.05, 0.1) is 17.5 Å². The molecule has 1 aliphatic heterocycles. The van der Waals surface area contributed by atoms with Gasteiger partial charge in [-0.3, -0.25) is 19.9 Å². The van der Waals surface area contributed by atoms with E-state index in [1.54, 1.807) is 19.1 Å². The van der Waals surface area contributed by atoms with Gasteiger partial charge in [-0.2, -0.15) is 4.98 Å². The van der Waals surface area contributed by atoms with E-state index < -0.39 is 11.0 Å². The molecule has 1 saturated heterocycles. The minimum atomic E-state index is -0.672. The third kappa shape index (κ3) is 5.71. The lowest BCUT2D eigenvalue weighted by Crippen LogP contribution is -2.48. The Morgan fingerprint density at radius 2 is 2.07 bits per heavy atom. The number of aromatic nitrogens is 2. The number of ether oxygens (including phenoxy) is 1. The predicted molar refractivity (Wildman–Crippen MR) is 95.4 cm³/mol. The summed E-state index contributed by atoms with van der Waals surface area (Å²) in [6.07, 6.45) is -0.672. The highest BCUT2D eigenvalue weighted by atomic mass is 16.6. The molecule has 1 aromatic carbocycles. The molecule has 1 aromatic heterocycles. The van der Waals surface area contributed by atoms with Gasteiger partial charge in [-0.1, -0.05) is 11.2 Å². The molecule has 0 aliphatic carbocycles. The largest absolute Gasteiger partial charge is 0.491 e. The number of benzene rings is 1. The van der Waals surface area contributed by atoms with Gasteiger partial charge in [0.15, 0.2) is 5.82 Å². The van der Waals surface area contributed by atoms with E-state index in [0.29, 0.717) is 30.6 Å². The van der Waals surface area contributed by atoms with Crippen molar-refractivity contribution in [3.63, 3.8) is 0 Å². The zero-order valence-corrected chi connectivity index (χ0v) is 15.2. The number of nitro benzene ring substituents is 1. The first-order valence-electron chi connectivity index (χ1n) is 8.79. The number of aliphatic hydroxyl groups is 1. The molecule has 1 fully saturated rings. The minimum absolute atomic E-state index is 0.0328. The molecule has 10 nitrogen and oxygen atoms in total. The Balaban J connectivity index is 1.38. The average molecular weight is 377 g/mol. The Bertz CT molecular complexity index is 760. The van der Waals surface area contributed by atoms with Crippen LogP contribution in [0.4, 0.5) is 5.69 Å². The van der Waals surface area contributed by atoms with Gasteiger partial charge in [-0.05, 0) is 13.0 Å². The summed E-state index contributed by atoms with van der Waals surface area (Å²) in [7, 11) is 0. The van der Waals surface area contributed by atoms with E-state index in [1.807, 2.05) is 0 Å². The molecular formula is C17H23N5O5. The summed E-state index contributed by atoms with van der Waals surface area (Å²) >= 11 is 0. The van der Waals surface area contributed by atoms with Gasteiger partial charge >= 0.3 is 0 Å². The van der Waals surface area contributed by atoms with Gasteiger partial charge in [-0.15, -0.1) is 0 Å². The van der Waals surface area contributed by atoms with Gasteiger partial charge in [-0.25, -0.2) is 0 Å². The van der Waals surface area contributed by atoms with Gasteiger partial charge in [0.2, 0.25) is 5.89 Å². The number of piperazine rings is 1. The van der Waals surface area contributed by atoms with E-state index >= 15 is 0 Å². The zero-order chi connectivity index (χ0) is 19.2. The lowest BCUT2D eigenvalue weighted by atomic mass is 10.2. The number of β-amino-alcohol motifs (C(OH)–C–C–N with tert-alkyl or cyclic N) is 1. The number of nitro groups is 1. The maximum Gasteiger partial charge on any atom is 0.273 e. The van der Waals surface area contributed by atoms with E-state index in [-0.39, 0.29) is 12.3 Å². The molecule has 10 heteroatoms. The van der Waals surface area contributed by atoms with Gasteiger partial charge in [0.25, 0.3) is 5.69 Å². The van der Waals surface area contributed by atoms with Crippen molar-refractivity contribution >= 4 is 5.69 Å². The van der Waals surface area contributed by atoms with Gasteiger partial charge in [0.1, 0.15) is 18.5 Å². The second-order valence-electron chi connectivity index (χ2n) is 6.53. The number of aliphatic hydroxyl groups excluding tert-OH is 1.